The minimum atomic E-state index is -1.11. The number of aryl methyl sites for hydroxylation is 1. The van der Waals surface area contributed by atoms with Crippen molar-refractivity contribution in [3.63, 3.8) is 0 Å². The highest BCUT2D eigenvalue weighted by Crippen LogP contribution is 2.30. The summed E-state index contributed by atoms with van der Waals surface area (Å²) in [4.78, 5) is 24.2. The Kier molecular flexibility index (Phi) is 4.74. The van der Waals surface area contributed by atoms with Crippen molar-refractivity contribution < 1.29 is 19.1 Å². The number of carboxylic acid groups (broad SMARTS) is 1. The Labute approximate surface area is 132 Å². The van der Waals surface area contributed by atoms with Gasteiger partial charge in [-0.3, -0.25) is 4.79 Å². The van der Waals surface area contributed by atoms with E-state index in [2.05, 4.69) is 21.2 Å². The fraction of sp³-hybridized carbons (Fsp3) is 0.143. The number of amides is 1. The molecule has 0 spiro atoms. The minimum Gasteiger partial charge on any atom is -0.478 e. The summed E-state index contributed by atoms with van der Waals surface area (Å²) in [7, 11) is 0. The van der Waals surface area contributed by atoms with Crippen LogP contribution in [-0.2, 0) is 6.42 Å². The van der Waals surface area contributed by atoms with E-state index in [1.165, 1.54) is 29.5 Å². The highest BCUT2D eigenvalue weighted by Gasteiger charge is 2.19. The quantitative estimate of drug-likeness (QED) is 0.847. The zero-order chi connectivity index (χ0) is 15.6. The summed E-state index contributed by atoms with van der Waals surface area (Å²) in [5.41, 5.74) is 0.149. The second-order valence-corrected chi connectivity index (χ2v) is 6.18. The van der Waals surface area contributed by atoms with Crippen molar-refractivity contribution in [2.24, 2.45) is 0 Å². The Morgan fingerprint density at radius 1 is 1.33 bits per heavy atom. The van der Waals surface area contributed by atoms with E-state index in [1.54, 1.807) is 0 Å². The van der Waals surface area contributed by atoms with Crippen LogP contribution in [0.3, 0.4) is 0 Å². The number of hydrogen-bond acceptors (Lipinski definition) is 3. The van der Waals surface area contributed by atoms with E-state index in [1.807, 2.05) is 6.92 Å². The Balaban J connectivity index is 2.33. The molecule has 0 saturated carbocycles. The average Bonchev–Trinajstić information content (AvgIpc) is 2.84. The summed E-state index contributed by atoms with van der Waals surface area (Å²) in [5.74, 6) is -2.21. The lowest BCUT2D eigenvalue weighted by molar-refractivity contribution is 0.0698. The van der Waals surface area contributed by atoms with Gasteiger partial charge in [0, 0.05) is 9.35 Å². The van der Waals surface area contributed by atoms with E-state index in [4.69, 9.17) is 5.11 Å². The maximum Gasteiger partial charge on any atom is 0.338 e. The Hall–Kier alpha value is -1.73. The van der Waals surface area contributed by atoms with Crippen LogP contribution in [0.1, 0.15) is 32.5 Å². The van der Waals surface area contributed by atoms with E-state index in [0.29, 0.717) is 10.9 Å². The van der Waals surface area contributed by atoms with Crippen LogP contribution >= 0.6 is 27.3 Å². The second kappa shape index (κ2) is 6.36. The molecular weight excluding hydrogens is 361 g/mol. The largest absolute Gasteiger partial charge is 0.478 e. The number of thiophene rings is 1. The van der Waals surface area contributed by atoms with Crippen molar-refractivity contribution in [2.45, 2.75) is 13.3 Å². The number of carbonyl (C=O) groups excluding carboxylic acids is 1. The number of nitrogens with one attached hydrogen (secondary N) is 1. The van der Waals surface area contributed by atoms with E-state index in [0.717, 1.165) is 10.9 Å². The van der Waals surface area contributed by atoms with Gasteiger partial charge in [-0.1, -0.05) is 6.92 Å². The van der Waals surface area contributed by atoms with Crippen molar-refractivity contribution >= 4 is 44.1 Å². The molecule has 110 valence electrons. The molecule has 0 atom stereocenters. The van der Waals surface area contributed by atoms with Crippen LogP contribution in [0.25, 0.3) is 0 Å². The predicted molar refractivity (Wildman–Crippen MR) is 82.7 cm³/mol. The summed E-state index contributed by atoms with van der Waals surface area (Å²) >= 11 is 4.37. The number of halogens is 2. The molecule has 7 heteroatoms. The number of anilines is 1. The van der Waals surface area contributed by atoms with Gasteiger partial charge in [0.1, 0.15) is 10.8 Å². The number of carboxylic acids is 1. The zero-order valence-corrected chi connectivity index (χ0v) is 13.3. The van der Waals surface area contributed by atoms with Gasteiger partial charge in [0.2, 0.25) is 0 Å². The van der Waals surface area contributed by atoms with Gasteiger partial charge in [-0.15, -0.1) is 11.3 Å². The van der Waals surface area contributed by atoms with Crippen molar-refractivity contribution in [1.82, 2.24) is 0 Å². The van der Waals surface area contributed by atoms with Gasteiger partial charge in [0.15, 0.2) is 0 Å². The third-order valence-electron chi connectivity index (χ3n) is 2.76. The van der Waals surface area contributed by atoms with E-state index in [9.17, 15) is 14.0 Å². The monoisotopic (exact) mass is 371 g/mol. The number of rotatable bonds is 4. The first-order valence-electron chi connectivity index (χ1n) is 6.04. The lowest BCUT2D eigenvalue weighted by Crippen LogP contribution is -2.14. The highest BCUT2D eigenvalue weighted by atomic mass is 79.9. The van der Waals surface area contributed by atoms with Gasteiger partial charge in [-0.05, 0) is 46.6 Å². The molecule has 1 amide bonds. The van der Waals surface area contributed by atoms with Crippen molar-refractivity contribution in [1.29, 1.82) is 0 Å². The van der Waals surface area contributed by atoms with E-state index < -0.39 is 17.7 Å². The average molecular weight is 372 g/mol. The fourth-order valence-electron chi connectivity index (χ4n) is 1.71. The molecule has 0 fully saturated rings. The number of carbonyl (C=O) groups is 2. The minimum absolute atomic E-state index is 0.0396. The molecule has 1 aromatic heterocycles. The summed E-state index contributed by atoms with van der Waals surface area (Å²) in [6, 6.07) is 5.27. The second-order valence-electron chi connectivity index (χ2n) is 4.19. The normalized spacial score (nSPS) is 10.4. The third kappa shape index (κ3) is 3.48. The molecule has 2 N–H and O–H groups in total. The predicted octanol–water partition coefficient (Wildman–Crippen LogP) is 4.16. The van der Waals surface area contributed by atoms with Crippen molar-refractivity contribution in [3.05, 3.63) is 50.6 Å². The SMILES string of the molecule is CCc1cc(C(=O)O)c(NC(=O)c2cc(F)ccc2Br)s1. The van der Waals surface area contributed by atoms with E-state index >= 15 is 0 Å². The smallest absolute Gasteiger partial charge is 0.338 e. The first-order valence-corrected chi connectivity index (χ1v) is 7.65. The van der Waals surface area contributed by atoms with Crippen molar-refractivity contribution in [3.8, 4) is 0 Å². The van der Waals surface area contributed by atoms with Crippen molar-refractivity contribution in [2.75, 3.05) is 5.32 Å². The number of hydrogen-bond donors (Lipinski definition) is 2. The molecule has 2 rings (SSSR count). The van der Waals surface area contributed by atoms with Crippen LogP contribution in [0, 0.1) is 5.82 Å². The molecule has 21 heavy (non-hydrogen) atoms. The van der Waals surface area contributed by atoms with Gasteiger partial charge in [0.05, 0.1) is 11.1 Å². The molecular formula is C14H11BrFNO3S. The maximum absolute atomic E-state index is 13.2. The molecule has 1 heterocycles. The van der Waals surface area contributed by atoms with E-state index in [-0.39, 0.29) is 16.1 Å². The van der Waals surface area contributed by atoms with Crippen LogP contribution in [-0.4, -0.2) is 17.0 Å². The summed E-state index contributed by atoms with van der Waals surface area (Å²) < 4.78 is 13.7. The Morgan fingerprint density at radius 2 is 2.05 bits per heavy atom. The highest BCUT2D eigenvalue weighted by molar-refractivity contribution is 9.10. The van der Waals surface area contributed by atoms with Gasteiger partial charge in [0.25, 0.3) is 5.91 Å². The molecule has 0 aliphatic heterocycles. The zero-order valence-electron chi connectivity index (χ0n) is 10.9. The molecule has 2 aromatic rings. The maximum atomic E-state index is 13.2. The van der Waals surface area contributed by atoms with Crippen LogP contribution in [0.4, 0.5) is 9.39 Å². The molecule has 4 nitrogen and oxygen atoms in total. The summed E-state index contributed by atoms with van der Waals surface area (Å²) in [6.45, 7) is 1.90. The van der Waals surface area contributed by atoms with Gasteiger partial charge in [-0.25, -0.2) is 9.18 Å². The third-order valence-corrected chi connectivity index (χ3v) is 4.65. The molecule has 0 aliphatic rings. The first-order chi connectivity index (χ1) is 9.92. The van der Waals surface area contributed by atoms with Crippen LogP contribution in [0.2, 0.25) is 0 Å². The standard InChI is InChI=1S/C14H11BrFNO3S/c1-2-8-6-10(14(19)20)13(21-8)17-12(18)9-5-7(16)3-4-11(9)15/h3-6H,2H2,1H3,(H,17,18)(H,19,20). The molecule has 0 unspecified atom stereocenters. The van der Waals surface area contributed by atoms with Crippen LogP contribution < -0.4 is 5.32 Å². The fourth-order valence-corrected chi connectivity index (χ4v) is 3.12. The lowest BCUT2D eigenvalue weighted by atomic mass is 10.2. The first kappa shape index (κ1) is 15.7. The molecule has 0 radical (unpaired) electrons. The van der Waals surface area contributed by atoms with Crippen LogP contribution in [0.5, 0.6) is 0 Å². The van der Waals surface area contributed by atoms with Gasteiger partial charge < -0.3 is 10.4 Å². The van der Waals surface area contributed by atoms with Gasteiger partial charge in [-0.2, -0.15) is 0 Å². The Morgan fingerprint density at radius 3 is 2.67 bits per heavy atom. The van der Waals surface area contributed by atoms with Crippen LogP contribution in [0.15, 0.2) is 28.7 Å². The topological polar surface area (TPSA) is 66.4 Å². The Bertz CT molecular complexity index is 714. The lowest BCUT2D eigenvalue weighted by Gasteiger charge is -2.06. The number of benzene rings is 1. The molecule has 0 saturated heterocycles. The van der Waals surface area contributed by atoms with Gasteiger partial charge >= 0.3 is 5.97 Å². The number of aromatic carboxylic acids is 1. The molecule has 0 bridgehead atoms. The summed E-state index contributed by atoms with van der Waals surface area (Å²) in [6.07, 6.45) is 0.671. The molecule has 0 aliphatic carbocycles. The summed E-state index contributed by atoms with van der Waals surface area (Å²) in [5, 5.41) is 11.9. The molecule has 1 aromatic carbocycles.